The minimum absolute atomic E-state index is 0.0491. The maximum Gasteiger partial charge on any atom is 0.304 e. The predicted molar refractivity (Wildman–Crippen MR) is 80.7 cm³/mol. The van der Waals surface area contributed by atoms with Gasteiger partial charge in [0.15, 0.2) is 5.00 Å². The Balaban J connectivity index is 2.12. The van der Waals surface area contributed by atoms with Crippen molar-refractivity contribution in [2.45, 2.75) is 38.8 Å². The first-order chi connectivity index (χ1) is 9.88. The molecule has 2 N–H and O–H groups in total. The van der Waals surface area contributed by atoms with Gasteiger partial charge in [-0.2, -0.15) is 0 Å². The molecule has 0 unspecified atom stereocenters. The molecule has 8 heteroatoms. The number of nitro groups is 1. The lowest BCUT2D eigenvalue weighted by atomic mass is 10.1. The lowest BCUT2D eigenvalue weighted by Crippen LogP contribution is -2.44. The lowest BCUT2D eigenvalue weighted by Gasteiger charge is -2.32. The summed E-state index contributed by atoms with van der Waals surface area (Å²) < 4.78 is 0. The van der Waals surface area contributed by atoms with Crippen molar-refractivity contribution in [3.05, 3.63) is 21.1 Å². The molecule has 1 fully saturated rings. The van der Waals surface area contributed by atoms with Gasteiger partial charge in [-0.1, -0.05) is 0 Å². The number of piperidine rings is 1. The van der Waals surface area contributed by atoms with Crippen molar-refractivity contribution < 1.29 is 14.8 Å². The Morgan fingerprint density at radius 1 is 1.57 bits per heavy atom. The molecule has 0 aromatic carbocycles. The van der Waals surface area contributed by atoms with Crippen molar-refractivity contribution in [1.29, 1.82) is 0 Å². The summed E-state index contributed by atoms with van der Waals surface area (Å²) in [6, 6.07) is 1.58. The van der Waals surface area contributed by atoms with E-state index < -0.39 is 11.0 Å². The number of nitrogens with one attached hydrogen (secondary N) is 1. The molecule has 0 aliphatic carbocycles. The first-order valence-corrected chi connectivity index (χ1v) is 7.68. The van der Waals surface area contributed by atoms with Crippen LogP contribution in [-0.4, -0.2) is 35.1 Å². The van der Waals surface area contributed by atoms with E-state index in [1.165, 1.54) is 24.3 Å². The van der Waals surface area contributed by atoms with Crippen LogP contribution in [0, 0.1) is 10.1 Å². The van der Waals surface area contributed by atoms with Crippen LogP contribution in [0.1, 0.15) is 37.7 Å². The van der Waals surface area contributed by atoms with Gasteiger partial charge in [0, 0.05) is 37.0 Å². The summed E-state index contributed by atoms with van der Waals surface area (Å²) in [7, 11) is 0. The van der Waals surface area contributed by atoms with Gasteiger partial charge in [-0.3, -0.25) is 14.9 Å². The van der Waals surface area contributed by atoms with Crippen molar-refractivity contribution in [2.75, 3.05) is 18.0 Å². The summed E-state index contributed by atoms with van der Waals surface area (Å²) in [5.41, 5.74) is 0.0499. The van der Waals surface area contributed by atoms with E-state index in [4.69, 9.17) is 0 Å². The number of hydrogen-bond acceptors (Lipinski definition) is 6. The van der Waals surface area contributed by atoms with Gasteiger partial charge >= 0.3 is 5.69 Å². The standard InChI is InChI=1S/C13H19N3O4S/c1-8(17)12-7-11(16(19)20)13(21-12)15-5-3-10(4-6-15)14-9(2)18/h7-8,10,17H,3-6H2,1-2H3,(H,14,18)/t8-/m0/s1. The van der Waals surface area contributed by atoms with Crippen LogP contribution < -0.4 is 10.2 Å². The molecule has 1 aromatic rings. The van der Waals surface area contributed by atoms with Crippen LogP contribution in [0.5, 0.6) is 0 Å². The Morgan fingerprint density at radius 3 is 2.67 bits per heavy atom. The summed E-state index contributed by atoms with van der Waals surface area (Å²) in [4.78, 5) is 24.4. The largest absolute Gasteiger partial charge is 0.388 e. The maximum absolute atomic E-state index is 11.2. The van der Waals surface area contributed by atoms with Crippen molar-refractivity contribution in [1.82, 2.24) is 5.32 Å². The number of carbonyl (C=O) groups excluding carboxylic acids is 1. The molecule has 1 atom stereocenters. The number of thiophene rings is 1. The number of rotatable bonds is 4. The molecule has 1 aromatic heterocycles. The van der Waals surface area contributed by atoms with Gasteiger partial charge in [-0.25, -0.2) is 0 Å². The summed E-state index contributed by atoms with van der Waals surface area (Å²) >= 11 is 1.26. The number of aliphatic hydroxyl groups is 1. The molecule has 1 saturated heterocycles. The summed E-state index contributed by atoms with van der Waals surface area (Å²) in [5, 5.41) is 24.2. The second kappa shape index (κ2) is 6.40. The van der Waals surface area contributed by atoms with E-state index in [-0.39, 0.29) is 17.6 Å². The van der Waals surface area contributed by atoms with Gasteiger partial charge in [0.05, 0.1) is 11.0 Å². The van der Waals surface area contributed by atoms with E-state index in [0.29, 0.717) is 23.0 Å². The molecule has 0 spiro atoms. The molecular weight excluding hydrogens is 294 g/mol. The fourth-order valence-electron chi connectivity index (χ4n) is 2.47. The topological polar surface area (TPSA) is 95.7 Å². The average Bonchev–Trinajstić information content (AvgIpc) is 2.84. The van der Waals surface area contributed by atoms with E-state index in [9.17, 15) is 20.0 Å². The van der Waals surface area contributed by atoms with Gasteiger partial charge in [0.1, 0.15) is 0 Å². The quantitative estimate of drug-likeness (QED) is 0.653. The molecule has 1 amide bonds. The van der Waals surface area contributed by atoms with Gasteiger partial charge in [0.2, 0.25) is 5.91 Å². The fourth-order valence-corrected chi connectivity index (χ4v) is 3.58. The van der Waals surface area contributed by atoms with Crippen molar-refractivity contribution in [2.24, 2.45) is 0 Å². The molecule has 2 rings (SSSR count). The number of hydrogen-bond donors (Lipinski definition) is 2. The third kappa shape index (κ3) is 3.70. The van der Waals surface area contributed by atoms with E-state index in [0.717, 1.165) is 12.8 Å². The van der Waals surface area contributed by atoms with Gasteiger partial charge in [-0.15, -0.1) is 11.3 Å². The fraction of sp³-hybridized carbons (Fsp3) is 0.615. The first kappa shape index (κ1) is 15.7. The summed E-state index contributed by atoms with van der Waals surface area (Å²) in [5.74, 6) is -0.0491. The summed E-state index contributed by atoms with van der Waals surface area (Å²) in [6.45, 7) is 4.41. The molecule has 0 saturated carbocycles. The number of amides is 1. The zero-order chi connectivity index (χ0) is 15.6. The highest BCUT2D eigenvalue weighted by atomic mass is 32.1. The zero-order valence-electron chi connectivity index (χ0n) is 12.0. The van der Waals surface area contributed by atoms with Crippen molar-refractivity contribution >= 4 is 27.9 Å². The molecule has 0 bridgehead atoms. The average molecular weight is 313 g/mol. The summed E-state index contributed by atoms with van der Waals surface area (Å²) in [6.07, 6.45) is 0.816. The highest BCUT2D eigenvalue weighted by Gasteiger charge is 2.28. The molecule has 7 nitrogen and oxygen atoms in total. The number of aliphatic hydroxyl groups excluding tert-OH is 1. The Bertz CT molecular complexity index is 536. The molecular formula is C13H19N3O4S. The number of nitrogens with zero attached hydrogens (tertiary/aromatic N) is 2. The Labute approximate surface area is 126 Å². The maximum atomic E-state index is 11.2. The SMILES string of the molecule is CC(=O)NC1CCN(c2sc([C@H](C)O)cc2[N+](=O)[O-])CC1. The van der Waals surface area contributed by atoms with E-state index >= 15 is 0 Å². The molecule has 116 valence electrons. The predicted octanol–water partition coefficient (Wildman–Crippen LogP) is 1.81. The van der Waals surface area contributed by atoms with E-state index in [2.05, 4.69) is 5.32 Å². The molecule has 21 heavy (non-hydrogen) atoms. The molecule has 1 aliphatic rings. The minimum atomic E-state index is -0.709. The minimum Gasteiger partial charge on any atom is -0.388 e. The second-order valence-electron chi connectivity index (χ2n) is 5.23. The van der Waals surface area contributed by atoms with Crippen molar-refractivity contribution in [3.8, 4) is 0 Å². The zero-order valence-corrected chi connectivity index (χ0v) is 12.9. The molecule has 0 radical (unpaired) electrons. The number of carbonyl (C=O) groups is 1. The van der Waals surface area contributed by atoms with Crippen molar-refractivity contribution in [3.63, 3.8) is 0 Å². The Morgan fingerprint density at radius 2 is 2.19 bits per heavy atom. The van der Waals surface area contributed by atoms with Crippen LogP contribution >= 0.6 is 11.3 Å². The third-order valence-corrected chi connectivity index (χ3v) is 4.87. The van der Waals surface area contributed by atoms with Crippen LogP contribution in [0.25, 0.3) is 0 Å². The second-order valence-corrected chi connectivity index (χ2v) is 6.30. The Hall–Kier alpha value is -1.67. The van der Waals surface area contributed by atoms with Gasteiger partial charge in [0.25, 0.3) is 0 Å². The van der Waals surface area contributed by atoms with Gasteiger partial charge in [-0.05, 0) is 19.8 Å². The van der Waals surface area contributed by atoms with E-state index in [1.54, 1.807) is 6.92 Å². The normalized spacial score (nSPS) is 17.6. The van der Waals surface area contributed by atoms with Crippen LogP contribution in [0.4, 0.5) is 10.7 Å². The van der Waals surface area contributed by atoms with Gasteiger partial charge < -0.3 is 15.3 Å². The van der Waals surface area contributed by atoms with Crippen LogP contribution in [0.3, 0.4) is 0 Å². The third-order valence-electron chi connectivity index (χ3n) is 3.51. The first-order valence-electron chi connectivity index (χ1n) is 6.86. The molecule has 2 heterocycles. The molecule has 1 aliphatic heterocycles. The monoisotopic (exact) mass is 313 g/mol. The van der Waals surface area contributed by atoms with Crippen LogP contribution in [0.15, 0.2) is 6.07 Å². The highest BCUT2D eigenvalue weighted by molar-refractivity contribution is 7.16. The number of anilines is 1. The highest BCUT2D eigenvalue weighted by Crippen LogP contribution is 2.41. The van der Waals surface area contributed by atoms with Crippen LogP contribution in [-0.2, 0) is 4.79 Å². The van der Waals surface area contributed by atoms with Crippen LogP contribution in [0.2, 0.25) is 0 Å². The Kier molecular flexibility index (Phi) is 4.79. The smallest absolute Gasteiger partial charge is 0.304 e. The van der Waals surface area contributed by atoms with E-state index in [1.807, 2.05) is 4.90 Å². The lowest BCUT2D eigenvalue weighted by molar-refractivity contribution is -0.383.